The lowest BCUT2D eigenvalue weighted by Crippen LogP contribution is -2.43. The lowest BCUT2D eigenvalue weighted by Gasteiger charge is -2.37. The average molecular weight is 366 g/mol. The molecule has 1 aromatic rings. The summed E-state index contributed by atoms with van der Waals surface area (Å²) in [4.78, 5) is 4.92. The number of likely N-dealkylation sites (tertiary alicyclic amines) is 1. The summed E-state index contributed by atoms with van der Waals surface area (Å²) in [6.45, 7) is 6.48. The summed E-state index contributed by atoms with van der Waals surface area (Å²) in [5.41, 5.74) is 0.681. The molecule has 2 fully saturated rings. The van der Waals surface area contributed by atoms with E-state index < -0.39 is 0 Å². The summed E-state index contributed by atoms with van der Waals surface area (Å²) in [5.74, 6) is 0.808. The molecule has 0 radical (unpaired) electrons. The van der Waals surface area contributed by atoms with Crippen molar-refractivity contribution in [2.75, 3.05) is 53.6 Å². The highest BCUT2D eigenvalue weighted by molar-refractivity contribution is 5.43. The number of methoxy groups -OCH3 is 2. The number of hydrogen-bond acceptors (Lipinski definition) is 5. The molecule has 0 N–H and O–H groups in total. The zero-order valence-electron chi connectivity index (χ0n) is 16.0. The second-order valence-electron chi connectivity index (χ2n) is 7.16. The molecule has 2 aliphatic heterocycles. The van der Waals surface area contributed by atoms with E-state index in [4.69, 9.17) is 14.2 Å². The molecule has 0 aliphatic carbocycles. The van der Waals surface area contributed by atoms with E-state index in [0.29, 0.717) is 29.6 Å². The zero-order valence-corrected chi connectivity index (χ0v) is 16.0. The summed E-state index contributed by atoms with van der Waals surface area (Å²) in [6.07, 6.45) is 4.77. The highest BCUT2D eigenvalue weighted by Gasteiger charge is 2.25. The van der Waals surface area contributed by atoms with Gasteiger partial charge in [-0.1, -0.05) is 6.42 Å². The van der Waals surface area contributed by atoms with Crippen molar-refractivity contribution in [3.8, 4) is 11.5 Å². The Morgan fingerprint density at radius 2 is 1.81 bits per heavy atom. The van der Waals surface area contributed by atoms with Gasteiger partial charge in [-0.15, -0.1) is 0 Å². The molecule has 2 saturated heterocycles. The van der Waals surface area contributed by atoms with Crippen LogP contribution in [0.25, 0.3) is 0 Å². The maximum atomic E-state index is 14.5. The molecule has 1 atom stereocenters. The van der Waals surface area contributed by atoms with Crippen molar-refractivity contribution in [3.63, 3.8) is 0 Å². The van der Waals surface area contributed by atoms with Crippen molar-refractivity contribution in [3.05, 3.63) is 23.5 Å². The van der Waals surface area contributed by atoms with E-state index in [2.05, 4.69) is 9.80 Å². The van der Waals surface area contributed by atoms with Crippen molar-refractivity contribution >= 4 is 0 Å². The van der Waals surface area contributed by atoms with Gasteiger partial charge in [0.25, 0.3) is 0 Å². The molecular formula is C20H31FN2O3. The van der Waals surface area contributed by atoms with Gasteiger partial charge in [0.2, 0.25) is 0 Å². The van der Waals surface area contributed by atoms with Gasteiger partial charge in [-0.2, -0.15) is 0 Å². The topological polar surface area (TPSA) is 34.2 Å². The van der Waals surface area contributed by atoms with Gasteiger partial charge in [0.05, 0.1) is 27.4 Å². The van der Waals surface area contributed by atoms with Crippen LogP contribution in [0, 0.1) is 5.82 Å². The number of rotatable bonds is 7. The molecule has 26 heavy (non-hydrogen) atoms. The molecule has 0 bridgehead atoms. The Kier molecular flexibility index (Phi) is 7.11. The van der Waals surface area contributed by atoms with Crippen LogP contribution in [-0.2, 0) is 11.3 Å². The first-order chi connectivity index (χ1) is 12.7. The number of nitrogens with zero attached hydrogens (tertiary/aromatic N) is 2. The van der Waals surface area contributed by atoms with E-state index in [-0.39, 0.29) is 5.82 Å². The van der Waals surface area contributed by atoms with E-state index in [1.165, 1.54) is 32.4 Å². The molecule has 2 heterocycles. The summed E-state index contributed by atoms with van der Waals surface area (Å²) in [6, 6.07) is 3.72. The van der Waals surface area contributed by atoms with Gasteiger partial charge in [0, 0.05) is 37.3 Å². The molecule has 2 aliphatic rings. The van der Waals surface area contributed by atoms with Crippen LogP contribution in [0.4, 0.5) is 4.39 Å². The lowest BCUT2D eigenvalue weighted by atomic mass is 9.98. The first-order valence-corrected chi connectivity index (χ1v) is 9.66. The minimum absolute atomic E-state index is 0.222. The number of morpholine rings is 1. The monoisotopic (exact) mass is 366 g/mol. The van der Waals surface area contributed by atoms with E-state index >= 15 is 0 Å². The molecule has 0 amide bonds. The maximum Gasteiger partial charge on any atom is 0.163 e. The molecule has 6 heteroatoms. The molecule has 146 valence electrons. The Morgan fingerprint density at radius 3 is 2.54 bits per heavy atom. The average Bonchev–Trinajstić information content (AvgIpc) is 2.69. The third kappa shape index (κ3) is 4.87. The first kappa shape index (κ1) is 19.4. The van der Waals surface area contributed by atoms with Crippen LogP contribution in [0.5, 0.6) is 11.5 Å². The molecular weight excluding hydrogens is 335 g/mol. The van der Waals surface area contributed by atoms with Gasteiger partial charge >= 0.3 is 0 Å². The Bertz CT molecular complexity index is 578. The fourth-order valence-electron chi connectivity index (χ4n) is 3.99. The first-order valence-electron chi connectivity index (χ1n) is 9.66. The Balaban J connectivity index is 1.64. The molecule has 5 nitrogen and oxygen atoms in total. The SMILES string of the molecule is COc1cc(F)c(CN2CCCC[C@@H]2CCN2CCOCC2)cc1OC. The minimum atomic E-state index is -0.222. The third-order valence-corrected chi connectivity index (χ3v) is 5.56. The molecule has 1 aromatic carbocycles. The van der Waals surface area contributed by atoms with E-state index in [0.717, 1.165) is 45.8 Å². The van der Waals surface area contributed by atoms with E-state index in [1.54, 1.807) is 13.2 Å². The summed E-state index contributed by atoms with van der Waals surface area (Å²) in [5, 5.41) is 0. The standard InChI is InChI=1S/C20H31FN2O3/c1-24-19-13-16(18(21)14-20(19)25-2)15-23-7-4-3-5-17(23)6-8-22-9-11-26-12-10-22/h13-14,17H,3-12,15H2,1-2H3/t17-/m1/s1. The fraction of sp³-hybridized carbons (Fsp3) is 0.700. The van der Waals surface area contributed by atoms with Crippen molar-refractivity contribution in [1.29, 1.82) is 0 Å². The van der Waals surface area contributed by atoms with Crippen LogP contribution in [0.1, 0.15) is 31.2 Å². The van der Waals surface area contributed by atoms with Crippen molar-refractivity contribution < 1.29 is 18.6 Å². The van der Waals surface area contributed by atoms with Crippen LogP contribution in [0.2, 0.25) is 0 Å². The quantitative estimate of drug-likeness (QED) is 0.741. The lowest BCUT2D eigenvalue weighted by molar-refractivity contribution is 0.0301. The van der Waals surface area contributed by atoms with Crippen molar-refractivity contribution in [1.82, 2.24) is 9.80 Å². The van der Waals surface area contributed by atoms with E-state index in [1.807, 2.05) is 0 Å². The number of benzene rings is 1. The predicted octanol–water partition coefficient (Wildman–Crippen LogP) is 2.92. The maximum absolute atomic E-state index is 14.5. The summed E-state index contributed by atoms with van der Waals surface area (Å²) < 4.78 is 30.5. The largest absolute Gasteiger partial charge is 0.493 e. The summed E-state index contributed by atoms with van der Waals surface area (Å²) >= 11 is 0. The van der Waals surface area contributed by atoms with Crippen molar-refractivity contribution in [2.45, 2.75) is 38.3 Å². The normalized spacial score (nSPS) is 22.3. The molecule has 0 saturated carbocycles. The van der Waals surface area contributed by atoms with Gasteiger partial charge < -0.3 is 14.2 Å². The fourth-order valence-corrected chi connectivity index (χ4v) is 3.99. The Hall–Kier alpha value is -1.37. The Morgan fingerprint density at radius 1 is 1.08 bits per heavy atom. The van der Waals surface area contributed by atoms with Crippen LogP contribution >= 0.6 is 0 Å². The number of piperidine rings is 1. The van der Waals surface area contributed by atoms with E-state index in [9.17, 15) is 4.39 Å². The van der Waals surface area contributed by atoms with Gasteiger partial charge in [-0.25, -0.2) is 4.39 Å². The highest BCUT2D eigenvalue weighted by atomic mass is 19.1. The number of ether oxygens (including phenoxy) is 3. The molecule has 3 rings (SSSR count). The minimum Gasteiger partial charge on any atom is -0.493 e. The second-order valence-corrected chi connectivity index (χ2v) is 7.16. The molecule has 0 unspecified atom stereocenters. The van der Waals surface area contributed by atoms with Crippen LogP contribution in [0.15, 0.2) is 12.1 Å². The summed E-state index contributed by atoms with van der Waals surface area (Å²) in [7, 11) is 3.12. The predicted molar refractivity (Wildman–Crippen MR) is 99.4 cm³/mol. The zero-order chi connectivity index (χ0) is 18.4. The number of halogens is 1. The van der Waals surface area contributed by atoms with Crippen LogP contribution < -0.4 is 9.47 Å². The van der Waals surface area contributed by atoms with Gasteiger partial charge in [0.15, 0.2) is 11.5 Å². The van der Waals surface area contributed by atoms with Gasteiger partial charge in [-0.3, -0.25) is 9.80 Å². The Labute approximate surface area is 156 Å². The molecule has 0 spiro atoms. The highest BCUT2D eigenvalue weighted by Crippen LogP contribution is 2.31. The number of hydrogen-bond donors (Lipinski definition) is 0. The third-order valence-electron chi connectivity index (χ3n) is 5.56. The second kappa shape index (κ2) is 9.53. The molecule has 0 aromatic heterocycles. The van der Waals surface area contributed by atoms with Gasteiger partial charge in [0.1, 0.15) is 5.82 Å². The van der Waals surface area contributed by atoms with Crippen LogP contribution in [-0.4, -0.2) is 69.5 Å². The van der Waals surface area contributed by atoms with Gasteiger partial charge in [-0.05, 0) is 38.4 Å². The smallest absolute Gasteiger partial charge is 0.163 e. The van der Waals surface area contributed by atoms with Crippen LogP contribution in [0.3, 0.4) is 0 Å². The van der Waals surface area contributed by atoms with Crippen molar-refractivity contribution in [2.24, 2.45) is 0 Å².